The van der Waals surface area contributed by atoms with Crippen LogP contribution in [0.5, 0.6) is 0 Å². The van der Waals surface area contributed by atoms with Crippen molar-refractivity contribution >= 4 is 11.7 Å². The number of nitrogens with two attached hydrogens (primary N) is 1. The van der Waals surface area contributed by atoms with E-state index >= 15 is 0 Å². The first kappa shape index (κ1) is 15.3. The van der Waals surface area contributed by atoms with Gasteiger partial charge in [-0.05, 0) is 24.8 Å². The summed E-state index contributed by atoms with van der Waals surface area (Å²) >= 11 is 0. The Balaban J connectivity index is 1.97. The molecule has 4 N–H and O–H groups in total. The van der Waals surface area contributed by atoms with Gasteiger partial charge in [-0.1, -0.05) is 35.5 Å². The molecule has 1 amide bonds. The number of hydrogen-bond acceptors (Lipinski definition) is 4. The lowest BCUT2D eigenvalue weighted by molar-refractivity contribution is -0.125. The molecule has 1 atom stereocenters. The fourth-order valence-corrected chi connectivity index (χ4v) is 2.43. The smallest absolute Gasteiger partial charge is 0.231 e. The van der Waals surface area contributed by atoms with Gasteiger partial charge in [0.2, 0.25) is 5.91 Å². The summed E-state index contributed by atoms with van der Waals surface area (Å²) in [5.74, 6) is -0.952. The van der Waals surface area contributed by atoms with Crippen molar-refractivity contribution in [2.75, 3.05) is 7.11 Å². The van der Waals surface area contributed by atoms with Crippen molar-refractivity contribution in [2.45, 2.75) is 31.4 Å². The summed E-state index contributed by atoms with van der Waals surface area (Å²) in [6, 6.07) is 9.62. The quantitative estimate of drug-likeness (QED) is 0.314. The Bertz CT molecular complexity index is 498. The molecule has 114 valence electrons. The molecule has 1 saturated carbocycles. The van der Waals surface area contributed by atoms with E-state index in [1.807, 2.05) is 30.3 Å². The van der Waals surface area contributed by atoms with Crippen LogP contribution in [0.2, 0.25) is 0 Å². The number of nitrogens with zero attached hydrogens (tertiary/aromatic N) is 1. The molecule has 1 aromatic carbocycles. The second kappa shape index (κ2) is 7.08. The van der Waals surface area contributed by atoms with Crippen LogP contribution in [0.3, 0.4) is 0 Å². The lowest BCUT2D eigenvalue weighted by atomic mass is 9.88. The largest absolute Gasteiger partial charge is 0.409 e. The number of amides is 1. The molecule has 21 heavy (non-hydrogen) atoms. The van der Waals surface area contributed by atoms with Crippen LogP contribution in [0.1, 0.15) is 18.4 Å². The number of rotatable bonds is 6. The molecule has 0 saturated heterocycles. The molecule has 0 spiro atoms. The minimum absolute atomic E-state index is 0.0704. The zero-order chi connectivity index (χ0) is 15.2. The molecule has 0 aliphatic heterocycles. The molecule has 1 aromatic rings. The number of carbonyl (C=O) groups is 1. The Hall–Kier alpha value is -2.08. The Kier molecular flexibility index (Phi) is 5.16. The molecule has 6 heteroatoms. The topological polar surface area (TPSA) is 96.9 Å². The predicted octanol–water partition coefficient (Wildman–Crippen LogP) is 0.885. The van der Waals surface area contributed by atoms with E-state index < -0.39 is 5.92 Å². The summed E-state index contributed by atoms with van der Waals surface area (Å²) in [6.45, 7) is 0. The summed E-state index contributed by atoms with van der Waals surface area (Å²) in [5.41, 5.74) is 6.63. The lowest BCUT2D eigenvalue weighted by Gasteiger charge is -2.35. The summed E-state index contributed by atoms with van der Waals surface area (Å²) in [5, 5.41) is 14.8. The van der Waals surface area contributed by atoms with E-state index in [1.54, 1.807) is 7.11 Å². The highest BCUT2D eigenvalue weighted by Crippen LogP contribution is 2.23. The summed E-state index contributed by atoms with van der Waals surface area (Å²) in [7, 11) is 1.66. The van der Waals surface area contributed by atoms with Crippen molar-refractivity contribution in [1.29, 1.82) is 0 Å². The van der Waals surface area contributed by atoms with Crippen LogP contribution in [-0.4, -0.2) is 36.2 Å². The maximum atomic E-state index is 12.3. The molecule has 0 bridgehead atoms. The van der Waals surface area contributed by atoms with Gasteiger partial charge in [-0.3, -0.25) is 4.79 Å². The third kappa shape index (κ3) is 3.95. The Morgan fingerprint density at radius 3 is 2.71 bits per heavy atom. The van der Waals surface area contributed by atoms with Gasteiger partial charge < -0.3 is 21.0 Å². The van der Waals surface area contributed by atoms with E-state index in [1.165, 1.54) is 0 Å². The van der Waals surface area contributed by atoms with Crippen LogP contribution in [0, 0.1) is 5.92 Å². The minimum atomic E-state index is -0.668. The first-order valence-corrected chi connectivity index (χ1v) is 6.98. The molecule has 1 aliphatic carbocycles. The SMILES string of the molecule is COC1CC(NC(=O)C(Cc2ccccc2)/C(N)=N/O)C1. The monoisotopic (exact) mass is 291 g/mol. The minimum Gasteiger partial charge on any atom is -0.409 e. The third-order valence-electron chi connectivity index (χ3n) is 3.85. The van der Waals surface area contributed by atoms with Crippen molar-refractivity contribution in [3.63, 3.8) is 0 Å². The standard InChI is InChI=1S/C15H21N3O3/c1-21-12-8-11(9-12)17-15(19)13(14(16)18-20)7-10-5-3-2-4-6-10/h2-6,11-13,20H,7-9H2,1H3,(H2,16,18)(H,17,19). The molecule has 6 nitrogen and oxygen atoms in total. The number of oxime groups is 1. The van der Waals surface area contributed by atoms with Crippen molar-refractivity contribution < 1.29 is 14.7 Å². The van der Waals surface area contributed by atoms with Crippen LogP contribution in [-0.2, 0) is 16.0 Å². The van der Waals surface area contributed by atoms with E-state index in [9.17, 15) is 4.79 Å². The molecule has 1 fully saturated rings. The van der Waals surface area contributed by atoms with Crippen LogP contribution < -0.4 is 11.1 Å². The number of hydrogen-bond donors (Lipinski definition) is 3. The summed E-state index contributed by atoms with van der Waals surface area (Å²) < 4.78 is 5.18. The van der Waals surface area contributed by atoms with Gasteiger partial charge in [0.1, 0.15) is 5.92 Å². The van der Waals surface area contributed by atoms with Crippen LogP contribution in [0.4, 0.5) is 0 Å². The average molecular weight is 291 g/mol. The predicted molar refractivity (Wildman–Crippen MR) is 79.0 cm³/mol. The van der Waals surface area contributed by atoms with Crippen LogP contribution >= 0.6 is 0 Å². The fraction of sp³-hybridized carbons (Fsp3) is 0.467. The normalized spacial score (nSPS) is 23.2. The second-order valence-corrected chi connectivity index (χ2v) is 5.30. The molecule has 1 aliphatic rings. The van der Waals surface area contributed by atoms with Gasteiger partial charge in [-0.15, -0.1) is 0 Å². The van der Waals surface area contributed by atoms with E-state index in [0.29, 0.717) is 6.42 Å². The Morgan fingerprint density at radius 1 is 1.48 bits per heavy atom. The van der Waals surface area contributed by atoms with Gasteiger partial charge in [-0.25, -0.2) is 0 Å². The summed E-state index contributed by atoms with van der Waals surface area (Å²) in [6.07, 6.45) is 2.22. The van der Waals surface area contributed by atoms with Gasteiger partial charge in [0.05, 0.1) is 6.10 Å². The molecule has 2 rings (SSSR count). The highest BCUT2D eigenvalue weighted by molar-refractivity contribution is 6.02. The number of amidine groups is 1. The van der Waals surface area contributed by atoms with Crippen LogP contribution in [0.15, 0.2) is 35.5 Å². The van der Waals surface area contributed by atoms with Gasteiger partial charge >= 0.3 is 0 Å². The van der Waals surface area contributed by atoms with E-state index in [2.05, 4.69) is 10.5 Å². The van der Waals surface area contributed by atoms with Crippen molar-refractivity contribution in [3.05, 3.63) is 35.9 Å². The number of benzene rings is 1. The zero-order valence-electron chi connectivity index (χ0n) is 12.0. The Labute approximate surface area is 124 Å². The van der Waals surface area contributed by atoms with E-state index in [0.717, 1.165) is 18.4 Å². The maximum Gasteiger partial charge on any atom is 0.231 e. The van der Waals surface area contributed by atoms with Gasteiger partial charge in [0.25, 0.3) is 0 Å². The number of methoxy groups -OCH3 is 1. The fourth-order valence-electron chi connectivity index (χ4n) is 2.43. The molecular weight excluding hydrogens is 270 g/mol. The molecule has 1 unspecified atom stereocenters. The maximum absolute atomic E-state index is 12.3. The average Bonchev–Trinajstić information content (AvgIpc) is 2.48. The van der Waals surface area contributed by atoms with Crippen molar-refractivity contribution in [3.8, 4) is 0 Å². The van der Waals surface area contributed by atoms with Crippen molar-refractivity contribution in [2.24, 2.45) is 16.8 Å². The number of ether oxygens (including phenoxy) is 1. The first-order valence-electron chi connectivity index (χ1n) is 6.98. The lowest BCUT2D eigenvalue weighted by Crippen LogP contribution is -2.51. The highest BCUT2D eigenvalue weighted by Gasteiger charge is 2.33. The number of carbonyl (C=O) groups excluding carboxylic acids is 1. The summed E-state index contributed by atoms with van der Waals surface area (Å²) in [4.78, 5) is 12.3. The van der Waals surface area contributed by atoms with Crippen LogP contribution in [0.25, 0.3) is 0 Å². The van der Waals surface area contributed by atoms with Crippen molar-refractivity contribution in [1.82, 2.24) is 5.32 Å². The third-order valence-corrected chi connectivity index (χ3v) is 3.85. The first-order chi connectivity index (χ1) is 10.1. The second-order valence-electron chi connectivity index (χ2n) is 5.30. The number of nitrogens with one attached hydrogen (secondary N) is 1. The van der Waals surface area contributed by atoms with E-state index in [-0.39, 0.29) is 23.9 Å². The van der Waals surface area contributed by atoms with Gasteiger partial charge in [-0.2, -0.15) is 0 Å². The van der Waals surface area contributed by atoms with Gasteiger partial charge in [0, 0.05) is 13.2 Å². The molecule has 0 heterocycles. The van der Waals surface area contributed by atoms with Gasteiger partial charge in [0.15, 0.2) is 5.84 Å². The van der Waals surface area contributed by atoms with E-state index in [4.69, 9.17) is 15.7 Å². The Morgan fingerprint density at radius 2 is 2.14 bits per heavy atom. The molecule has 0 radical (unpaired) electrons. The molecule has 0 aromatic heterocycles. The molecular formula is C15H21N3O3. The highest BCUT2D eigenvalue weighted by atomic mass is 16.5. The zero-order valence-corrected chi connectivity index (χ0v) is 12.0.